The molecular formula is C12H27NO. The Kier molecular flexibility index (Phi) is 8.20. The summed E-state index contributed by atoms with van der Waals surface area (Å²) in [5.41, 5.74) is 0. The lowest BCUT2D eigenvalue weighted by Crippen LogP contribution is -2.39. The van der Waals surface area contributed by atoms with E-state index in [1.165, 1.54) is 6.42 Å². The van der Waals surface area contributed by atoms with Gasteiger partial charge in [0.1, 0.15) is 0 Å². The van der Waals surface area contributed by atoms with Gasteiger partial charge in [-0.1, -0.05) is 34.1 Å². The fourth-order valence-corrected chi connectivity index (χ4v) is 1.36. The number of hydrogen-bond acceptors (Lipinski definition) is 2. The first-order chi connectivity index (χ1) is 6.65. The van der Waals surface area contributed by atoms with Crippen molar-refractivity contribution >= 4 is 0 Å². The van der Waals surface area contributed by atoms with Gasteiger partial charge in [0.2, 0.25) is 0 Å². The molecule has 0 fully saturated rings. The van der Waals surface area contributed by atoms with Crippen molar-refractivity contribution in [2.75, 3.05) is 13.2 Å². The highest BCUT2D eigenvalue weighted by atomic mass is 16.5. The molecular weight excluding hydrogens is 174 g/mol. The Morgan fingerprint density at radius 2 is 1.71 bits per heavy atom. The molecule has 3 unspecified atom stereocenters. The fourth-order valence-electron chi connectivity index (χ4n) is 1.36. The quantitative estimate of drug-likeness (QED) is 0.652. The van der Waals surface area contributed by atoms with E-state index in [9.17, 15) is 0 Å². The van der Waals surface area contributed by atoms with Crippen LogP contribution < -0.4 is 5.32 Å². The van der Waals surface area contributed by atoms with Gasteiger partial charge in [-0.25, -0.2) is 0 Å². The molecule has 0 aliphatic heterocycles. The molecule has 0 aromatic heterocycles. The van der Waals surface area contributed by atoms with Crippen LogP contribution >= 0.6 is 0 Å². The molecule has 0 bridgehead atoms. The highest BCUT2D eigenvalue weighted by molar-refractivity contribution is 4.71. The zero-order valence-electron chi connectivity index (χ0n) is 10.5. The highest BCUT2D eigenvalue weighted by Crippen LogP contribution is 2.09. The van der Waals surface area contributed by atoms with E-state index in [0.29, 0.717) is 18.1 Å². The first kappa shape index (κ1) is 13.9. The molecule has 0 aliphatic carbocycles. The molecule has 1 N–H and O–H groups in total. The molecule has 2 heteroatoms. The molecule has 0 aromatic rings. The lowest BCUT2D eigenvalue weighted by atomic mass is 10.00. The molecule has 0 heterocycles. The molecule has 3 atom stereocenters. The van der Waals surface area contributed by atoms with E-state index in [2.05, 4.69) is 39.9 Å². The second kappa shape index (κ2) is 8.25. The van der Waals surface area contributed by atoms with Crippen molar-refractivity contribution in [3.63, 3.8) is 0 Å². The lowest BCUT2D eigenvalue weighted by molar-refractivity contribution is 0.0374. The zero-order valence-corrected chi connectivity index (χ0v) is 10.5. The third-order valence-corrected chi connectivity index (χ3v) is 2.93. The molecule has 2 nitrogen and oxygen atoms in total. The average Bonchev–Trinajstić information content (AvgIpc) is 2.22. The van der Waals surface area contributed by atoms with Crippen LogP contribution in [-0.4, -0.2) is 25.3 Å². The highest BCUT2D eigenvalue weighted by Gasteiger charge is 2.15. The number of rotatable bonds is 8. The maximum atomic E-state index is 5.77. The number of hydrogen-bond donors (Lipinski definition) is 1. The summed E-state index contributed by atoms with van der Waals surface area (Å²) in [7, 11) is 0. The van der Waals surface area contributed by atoms with Crippen molar-refractivity contribution in [2.24, 2.45) is 5.92 Å². The summed E-state index contributed by atoms with van der Waals surface area (Å²) >= 11 is 0. The van der Waals surface area contributed by atoms with Gasteiger partial charge in [0.05, 0.1) is 12.7 Å². The first-order valence-corrected chi connectivity index (χ1v) is 6.00. The zero-order chi connectivity index (χ0) is 11.0. The minimum Gasteiger partial charge on any atom is -0.377 e. The Morgan fingerprint density at radius 1 is 1.07 bits per heavy atom. The van der Waals surface area contributed by atoms with Crippen LogP contribution in [0.1, 0.15) is 47.5 Å². The number of likely N-dealkylation sites (N-methyl/N-ethyl adjacent to an activating group) is 1. The van der Waals surface area contributed by atoms with Gasteiger partial charge in [-0.15, -0.1) is 0 Å². The number of ether oxygens (including phenoxy) is 1. The van der Waals surface area contributed by atoms with Crippen LogP contribution in [-0.2, 0) is 4.74 Å². The molecule has 0 radical (unpaired) electrons. The van der Waals surface area contributed by atoms with Crippen LogP contribution in [0.4, 0.5) is 0 Å². The Labute approximate surface area is 89.4 Å². The summed E-state index contributed by atoms with van der Waals surface area (Å²) in [5, 5.41) is 3.49. The van der Waals surface area contributed by atoms with E-state index in [4.69, 9.17) is 4.74 Å². The van der Waals surface area contributed by atoms with Gasteiger partial charge in [0, 0.05) is 6.04 Å². The summed E-state index contributed by atoms with van der Waals surface area (Å²) in [5.74, 6) is 0.694. The maximum Gasteiger partial charge on any atom is 0.0625 e. The van der Waals surface area contributed by atoms with Gasteiger partial charge in [-0.05, 0) is 25.8 Å². The van der Waals surface area contributed by atoms with Crippen molar-refractivity contribution in [1.82, 2.24) is 5.32 Å². The smallest absolute Gasteiger partial charge is 0.0625 e. The second-order valence-corrected chi connectivity index (χ2v) is 4.10. The largest absolute Gasteiger partial charge is 0.377 e. The molecule has 0 aromatic carbocycles. The SMILES string of the molecule is CCNC(COC(C)CC)C(C)CC. The van der Waals surface area contributed by atoms with Gasteiger partial charge < -0.3 is 10.1 Å². The normalized spacial score (nSPS) is 17.8. The van der Waals surface area contributed by atoms with Crippen molar-refractivity contribution in [2.45, 2.75) is 59.6 Å². The van der Waals surface area contributed by atoms with Gasteiger partial charge >= 0.3 is 0 Å². The van der Waals surface area contributed by atoms with Crippen LogP contribution in [0, 0.1) is 5.92 Å². The second-order valence-electron chi connectivity index (χ2n) is 4.10. The summed E-state index contributed by atoms with van der Waals surface area (Å²) < 4.78 is 5.77. The van der Waals surface area contributed by atoms with Crippen molar-refractivity contribution in [1.29, 1.82) is 0 Å². The van der Waals surface area contributed by atoms with E-state index >= 15 is 0 Å². The van der Waals surface area contributed by atoms with Crippen LogP contribution in [0.3, 0.4) is 0 Å². The molecule has 0 aliphatic rings. The summed E-state index contributed by atoms with van der Waals surface area (Å²) in [6.45, 7) is 12.8. The third-order valence-electron chi connectivity index (χ3n) is 2.93. The van der Waals surface area contributed by atoms with Crippen molar-refractivity contribution in [3.8, 4) is 0 Å². The summed E-state index contributed by atoms with van der Waals surface area (Å²) in [4.78, 5) is 0. The summed E-state index contributed by atoms with van der Waals surface area (Å²) in [6.07, 6.45) is 2.70. The van der Waals surface area contributed by atoms with E-state index in [1.807, 2.05) is 0 Å². The Balaban J connectivity index is 3.83. The molecule has 0 rings (SSSR count). The first-order valence-electron chi connectivity index (χ1n) is 6.00. The van der Waals surface area contributed by atoms with Crippen LogP contribution in [0.5, 0.6) is 0 Å². The molecule has 0 saturated carbocycles. The predicted octanol–water partition coefficient (Wildman–Crippen LogP) is 2.83. The van der Waals surface area contributed by atoms with E-state index in [1.54, 1.807) is 0 Å². The Hall–Kier alpha value is -0.0800. The molecule has 86 valence electrons. The van der Waals surface area contributed by atoms with Crippen LogP contribution in [0.25, 0.3) is 0 Å². The number of nitrogens with one attached hydrogen (secondary N) is 1. The van der Waals surface area contributed by atoms with Crippen molar-refractivity contribution in [3.05, 3.63) is 0 Å². The predicted molar refractivity (Wildman–Crippen MR) is 62.6 cm³/mol. The summed E-state index contributed by atoms with van der Waals surface area (Å²) in [6, 6.07) is 0.513. The minimum absolute atomic E-state index is 0.389. The molecule has 14 heavy (non-hydrogen) atoms. The van der Waals surface area contributed by atoms with Crippen molar-refractivity contribution < 1.29 is 4.74 Å². The van der Waals surface area contributed by atoms with Gasteiger partial charge in [0.15, 0.2) is 0 Å². The van der Waals surface area contributed by atoms with E-state index < -0.39 is 0 Å². The van der Waals surface area contributed by atoms with E-state index in [-0.39, 0.29) is 0 Å². The average molecular weight is 201 g/mol. The lowest BCUT2D eigenvalue weighted by Gasteiger charge is -2.25. The Bertz CT molecular complexity index is 127. The van der Waals surface area contributed by atoms with Gasteiger partial charge in [-0.3, -0.25) is 0 Å². The topological polar surface area (TPSA) is 21.3 Å². The van der Waals surface area contributed by atoms with Crippen LogP contribution in [0.2, 0.25) is 0 Å². The minimum atomic E-state index is 0.389. The maximum absolute atomic E-state index is 5.77. The molecule has 0 amide bonds. The van der Waals surface area contributed by atoms with Crippen LogP contribution in [0.15, 0.2) is 0 Å². The van der Waals surface area contributed by atoms with Gasteiger partial charge in [0.25, 0.3) is 0 Å². The third kappa shape index (κ3) is 5.61. The molecule has 0 saturated heterocycles. The van der Waals surface area contributed by atoms with Gasteiger partial charge in [-0.2, -0.15) is 0 Å². The molecule has 0 spiro atoms. The monoisotopic (exact) mass is 201 g/mol. The van der Waals surface area contributed by atoms with E-state index in [0.717, 1.165) is 19.6 Å². The Morgan fingerprint density at radius 3 is 2.14 bits per heavy atom. The standard InChI is InChI=1S/C12H27NO/c1-6-10(4)12(13-8-3)9-14-11(5)7-2/h10-13H,6-9H2,1-5H3. The fraction of sp³-hybridized carbons (Fsp3) is 1.00.